The SMILES string of the molecule is C=C1/C=C\C=C(\Br)COc2ccccc21. The molecular weight excluding hydrogens is 252 g/mol. The third kappa shape index (κ3) is 2.39. The quantitative estimate of drug-likeness (QED) is 0.689. The summed E-state index contributed by atoms with van der Waals surface area (Å²) in [6.07, 6.45) is 5.92. The highest BCUT2D eigenvalue weighted by Gasteiger charge is 2.06. The van der Waals surface area contributed by atoms with Crippen LogP contribution in [-0.4, -0.2) is 6.61 Å². The van der Waals surface area contributed by atoms with Gasteiger partial charge >= 0.3 is 0 Å². The van der Waals surface area contributed by atoms with Crippen molar-refractivity contribution in [1.29, 1.82) is 0 Å². The highest BCUT2D eigenvalue weighted by Crippen LogP contribution is 2.27. The maximum absolute atomic E-state index is 5.68. The largest absolute Gasteiger partial charge is 0.488 e. The molecule has 1 aliphatic heterocycles. The molecule has 2 heteroatoms. The van der Waals surface area contributed by atoms with Crippen molar-refractivity contribution in [3.63, 3.8) is 0 Å². The Hall–Kier alpha value is -1.28. The molecule has 0 bridgehead atoms. The third-order valence-corrected chi connectivity index (χ3v) is 2.67. The first-order chi connectivity index (χ1) is 7.27. The van der Waals surface area contributed by atoms with E-state index in [4.69, 9.17) is 4.74 Å². The monoisotopic (exact) mass is 262 g/mol. The Bertz CT molecular complexity index is 444. The predicted molar refractivity (Wildman–Crippen MR) is 67.1 cm³/mol. The van der Waals surface area contributed by atoms with Crippen LogP contribution in [0.3, 0.4) is 0 Å². The number of halogens is 1. The van der Waals surface area contributed by atoms with E-state index >= 15 is 0 Å². The number of benzene rings is 1. The minimum Gasteiger partial charge on any atom is -0.488 e. The van der Waals surface area contributed by atoms with Crippen molar-refractivity contribution in [3.8, 4) is 5.75 Å². The zero-order chi connectivity index (χ0) is 10.7. The number of para-hydroxylation sites is 1. The molecule has 0 fully saturated rings. The highest BCUT2D eigenvalue weighted by atomic mass is 79.9. The van der Waals surface area contributed by atoms with Crippen LogP contribution in [0.1, 0.15) is 5.56 Å². The fourth-order valence-corrected chi connectivity index (χ4v) is 1.68. The summed E-state index contributed by atoms with van der Waals surface area (Å²) in [6, 6.07) is 7.92. The molecule has 0 aliphatic carbocycles. The van der Waals surface area contributed by atoms with Crippen LogP contribution in [0.4, 0.5) is 0 Å². The number of hydrogen-bond acceptors (Lipinski definition) is 1. The number of allylic oxidation sites excluding steroid dienone is 4. The second kappa shape index (κ2) is 4.49. The Morgan fingerprint density at radius 1 is 1.27 bits per heavy atom. The Kier molecular flexibility index (Phi) is 3.07. The zero-order valence-electron chi connectivity index (χ0n) is 8.24. The van der Waals surface area contributed by atoms with Gasteiger partial charge in [-0.15, -0.1) is 0 Å². The van der Waals surface area contributed by atoms with Crippen LogP contribution in [0.25, 0.3) is 5.57 Å². The van der Waals surface area contributed by atoms with Crippen LogP contribution in [0.2, 0.25) is 0 Å². The Balaban J connectivity index is 2.44. The molecule has 0 saturated carbocycles. The van der Waals surface area contributed by atoms with E-state index in [1.54, 1.807) is 0 Å². The maximum atomic E-state index is 5.68. The molecule has 1 nitrogen and oxygen atoms in total. The summed E-state index contributed by atoms with van der Waals surface area (Å²) in [5.74, 6) is 0.874. The first kappa shape index (κ1) is 10.2. The van der Waals surface area contributed by atoms with Crippen LogP contribution < -0.4 is 4.74 Å². The van der Waals surface area contributed by atoms with Crippen LogP contribution in [0, 0.1) is 0 Å². The third-order valence-electron chi connectivity index (χ3n) is 2.17. The summed E-state index contributed by atoms with van der Waals surface area (Å²) in [5, 5.41) is 0. The zero-order valence-corrected chi connectivity index (χ0v) is 9.83. The molecule has 1 aromatic carbocycles. The van der Waals surface area contributed by atoms with Crippen molar-refractivity contribution in [3.05, 3.63) is 59.1 Å². The topological polar surface area (TPSA) is 9.23 Å². The van der Waals surface area contributed by atoms with Crippen LogP contribution in [0.5, 0.6) is 5.75 Å². The lowest BCUT2D eigenvalue weighted by Gasteiger charge is -2.09. The molecule has 0 radical (unpaired) electrons. The van der Waals surface area contributed by atoms with Gasteiger partial charge in [-0.2, -0.15) is 0 Å². The smallest absolute Gasteiger partial charge is 0.127 e. The number of fused-ring (bicyclic) bond motifs is 1. The number of rotatable bonds is 0. The Morgan fingerprint density at radius 3 is 2.93 bits per heavy atom. The summed E-state index contributed by atoms with van der Waals surface area (Å²) < 4.78 is 6.69. The molecule has 0 amide bonds. The van der Waals surface area contributed by atoms with Crippen molar-refractivity contribution >= 4 is 21.5 Å². The van der Waals surface area contributed by atoms with Gasteiger partial charge in [-0.25, -0.2) is 0 Å². The molecule has 1 heterocycles. The summed E-state index contributed by atoms with van der Waals surface area (Å²) in [7, 11) is 0. The maximum Gasteiger partial charge on any atom is 0.127 e. The first-order valence-corrected chi connectivity index (χ1v) is 5.50. The molecule has 0 N–H and O–H groups in total. The van der Waals surface area contributed by atoms with E-state index in [0.717, 1.165) is 21.4 Å². The number of hydrogen-bond donors (Lipinski definition) is 0. The van der Waals surface area contributed by atoms with E-state index in [-0.39, 0.29) is 0 Å². The number of ether oxygens (including phenoxy) is 1. The molecule has 0 spiro atoms. The van der Waals surface area contributed by atoms with E-state index in [0.29, 0.717) is 6.61 Å². The summed E-state index contributed by atoms with van der Waals surface area (Å²) >= 11 is 3.43. The van der Waals surface area contributed by atoms with Crippen molar-refractivity contribution in [2.24, 2.45) is 0 Å². The van der Waals surface area contributed by atoms with Crippen LogP contribution in [0.15, 0.2) is 53.6 Å². The molecule has 0 aromatic heterocycles. The minimum atomic E-state index is 0.550. The fraction of sp³-hybridized carbons (Fsp3) is 0.0769. The van der Waals surface area contributed by atoms with E-state index in [1.807, 2.05) is 42.5 Å². The Morgan fingerprint density at radius 2 is 2.07 bits per heavy atom. The van der Waals surface area contributed by atoms with Gasteiger partial charge < -0.3 is 4.74 Å². The van der Waals surface area contributed by atoms with Gasteiger partial charge in [0, 0.05) is 10.0 Å². The second-order valence-electron chi connectivity index (χ2n) is 3.28. The molecule has 0 saturated heterocycles. The first-order valence-electron chi connectivity index (χ1n) is 4.71. The normalized spacial score (nSPS) is 21.1. The second-order valence-corrected chi connectivity index (χ2v) is 4.30. The summed E-state index contributed by atoms with van der Waals surface area (Å²) in [6.45, 7) is 4.56. The van der Waals surface area contributed by atoms with Gasteiger partial charge in [0.1, 0.15) is 12.4 Å². The van der Waals surface area contributed by atoms with Crippen molar-refractivity contribution < 1.29 is 4.74 Å². The molecule has 0 unspecified atom stereocenters. The van der Waals surface area contributed by atoms with Gasteiger partial charge in [0.05, 0.1) is 0 Å². The lowest BCUT2D eigenvalue weighted by atomic mass is 10.1. The minimum absolute atomic E-state index is 0.550. The van der Waals surface area contributed by atoms with Crippen molar-refractivity contribution in [1.82, 2.24) is 0 Å². The summed E-state index contributed by atoms with van der Waals surface area (Å²) in [5.41, 5.74) is 2.01. The van der Waals surface area contributed by atoms with Gasteiger partial charge in [-0.05, 0) is 17.7 Å². The van der Waals surface area contributed by atoms with Crippen molar-refractivity contribution in [2.45, 2.75) is 0 Å². The lowest BCUT2D eigenvalue weighted by Crippen LogP contribution is -1.98. The fourth-order valence-electron chi connectivity index (χ4n) is 1.41. The lowest BCUT2D eigenvalue weighted by molar-refractivity contribution is 0.360. The van der Waals surface area contributed by atoms with E-state index in [1.165, 1.54) is 0 Å². The van der Waals surface area contributed by atoms with Gasteiger partial charge in [0.25, 0.3) is 0 Å². The van der Waals surface area contributed by atoms with Gasteiger partial charge in [0.15, 0.2) is 0 Å². The van der Waals surface area contributed by atoms with Crippen LogP contribution in [-0.2, 0) is 0 Å². The Labute approximate surface area is 97.9 Å². The van der Waals surface area contributed by atoms with E-state index < -0.39 is 0 Å². The molecule has 15 heavy (non-hydrogen) atoms. The van der Waals surface area contributed by atoms with E-state index in [2.05, 4.69) is 22.5 Å². The summed E-state index contributed by atoms with van der Waals surface area (Å²) in [4.78, 5) is 0. The molecule has 1 aliphatic rings. The standard InChI is InChI=1S/C13H11BrO/c1-10-5-4-6-11(14)9-15-13-8-3-2-7-12(10)13/h2-8H,1,9H2/b5-4-,11-6+. The highest BCUT2D eigenvalue weighted by molar-refractivity contribution is 9.11. The molecular formula is C13H11BrO. The molecule has 2 rings (SSSR count). The molecule has 0 atom stereocenters. The predicted octanol–water partition coefficient (Wildman–Crippen LogP) is 3.93. The molecule has 76 valence electrons. The average Bonchev–Trinajstić information content (AvgIpc) is 2.32. The van der Waals surface area contributed by atoms with Gasteiger partial charge in [-0.3, -0.25) is 0 Å². The van der Waals surface area contributed by atoms with Crippen molar-refractivity contribution in [2.75, 3.05) is 6.61 Å². The van der Waals surface area contributed by atoms with Gasteiger partial charge in [0.2, 0.25) is 0 Å². The molecule has 1 aromatic rings. The average molecular weight is 263 g/mol. The van der Waals surface area contributed by atoms with E-state index in [9.17, 15) is 0 Å². The van der Waals surface area contributed by atoms with Crippen LogP contribution >= 0.6 is 15.9 Å². The van der Waals surface area contributed by atoms with Gasteiger partial charge in [-0.1, -0.05) is 52.9 Å².